The molecule has 0 spiro atoms. The number of aliphatic hydroxyl groups is 1. The molecule has 3 aromatic rings. The van der Waals surface area contributed by atoms with Gasteiger partial charge in [0.05, 0.1) is 19.3 Å². The predicted octanol–water partition coefficient (Wildman–Crippen LogP) is 2.94. The summed E-state index contributed by atoms with van der Waals surface area (Å²) in [5, 5.41) is 16.6. The summed E-state index contributed by atoms with van der Waals surface area (Å²) in [4.78, 5) is 0. The highest BCUT2D eigenvalue weighted by Gasteiger charge is 2.02. The van der Waals surface area contributed by atoms with E-state index in [-0.39, 0.29) is 6.61 Å². The third-order valence-corrected chi connectivity index (χ3v) is 3.40. The van der Waals surface area contributed by atoms with E-state index in [1.54, 1.807) is 6.07 Å². The summed E-state index contributed by atoms with van der Waals surface area (Å²) in [5.74, 6) is 1.39. The van der Waals surface area contributed by atoms with E-state index in [2.05, 4.69) is 22.5 Å². The Bertz CT molecular complexity index is 728. The van der Waals surface area contributed by atoms with Crippen LogP contribution in [0.1, 0.15) is 22.6 Å². The Morgan fingerprint density at radius 3 is 2.55 bits per heavy atom. The lowest BCUT2D eigenvalue weighted by atomic mass is 10.2. The van der Waals surface area contributed by atoms with Crippen LogP contribution in [0.25, 0.3) is 0 Å². The normalized spacial score (nSPS) is 10.8. The molecule has 2 aromatic heterocycles. The van der Waals surface area contributed by atoms with Crippen molar-refractivity contribution >= 4 is 5.69 Å². The van der Waals surface area contributed by atoms with Gasteiger partial charge in [0.2, 0.25) is 0 Å². The standard InChI is InChI=1S/C17H19N3O2/c1-13-8-19-20(10-13)11-14-2-4-15(5-3-14)18-9-16-6-7-17(12-21)22-16/h2-8,10,18,21H,9,11-12H2,1H3. The van der Waals surface area contributed by atoms with Gasteiger partial charge >= 0.3 is 0 Å². The lowest BCUT2D eigenvalue weighted by molar-refractivity contribution is 0.244. The van der Waals surface area contributed by atoms with Gasteiger partial charge in [0, 0.05) is 11.9 Å². The van der Waals surface area contributed by atoms with Gasteiger partial charge in [-0.2, -0.15) is 5.10 Å². The SMILES string of the molecule is Cc1cnn(Cc2ccc(NCc3ccc(CO)o3)cc2)c1. The Hall–Kier alpha value is -2.53. The minimum absolute atomic E-state index is 0.0679. The van der Waals surface area contributed by atoms with Crippen LogP contribution in [0.4, 0.5) is 5.69 Å². The summed E-state index contributed by atoms with van der Waals surface area (Å²) in [5.41, 5.74) is 3.40. The van der Waals surface area contributed by atoms with E-state index in [4.69, 9.17) is 9.52 Å². The first-order valence-corrected chi connectivity index (χ1v) is 7.23. The molecule has 5 nitrogen and oxygen atoms in total. The van der Waals surface area contributed by atoms with E-state index in [1.807, 2.05) is 42.2 Å². The lowest BCUT2D eigenvalue weighted by Gasteiger charge is -2.06. The summed E-state index contributed by atoms with van der Waals surface area (Å²) in [7, 11) is 0. The van der Waals surface area contributed by atoms with Crippen molar-refractivity contribution in [3.63, 3.8) is 0 Å². The van der Waals surface area contributed by atoms with Crippen LogP contribution in [0, 0.1) is 6.92 Å². The predicted molar refractivity (Wildman–Crippen MR) is 84.5 cm³/mol. The molecule has 5 heteroatoms. The van der Waals surface area contributed by atoms with Crippen LogP contribution in [0.3, 0.4) is 0 Å². The molecule has 2 heterocycles. The van der Waals surface area contributed by atoms with Gasteiger partial charge in [-0.05, 0) is 42.3 Å². The molecule has 0 aliphatic carbocycles. The van der Waals surface area contributed by atoms with E-state index in [0.29, 0.717) is 12.3 Å². The number of rotatable bonds is 6. The molecule has 0 saturated carbocycles. The molecule has 0 atom stereocenters. The van der Waals surface area contributed by atoms with Crippen molar-refractivity contribution in [2.75, 3.05) is 5.32 Å². The first-order valence-electron chi connectivity index (χ1n) is 7.23. The zero-order chi connectivity index (χ0) is 15.4. The number of furan rings is 1. The maximum Gasteiger partial charge on any atom is 0.129 e. The highest BCUT2D eigenvalue weighted by molar-refractivity contribution is 5.44. The van der Waals surface area contributed by atoms with E-state index >= 15 is 0 Å². The Kier molecular flexibility index (Phi) is 4.25. The summed E-state index contributed by atoms with van der Waals surface area (Å²) >= 11 is 0. The number of hydrogen-bond acceptors (Lipinski definition) is 4. The number of benzene rings is 1. The quantitative estimate of drug-likeness (QED) is 0.734. The molecule has 0 unspecified atom stereocenters. The minimum atomic E-state index is -0.0679. The topological polar surface area (TPSA) is 63.2 Å². The summed E-state index contributed by atoms with van der Waals surface area (Å²) < 4.78 is 7.36. The van der Waals surface area contributed by atoms with E-state index in [9.17, 15) is 0 Å². The summed E-state index contributed by atoms with van der Waals surface area (Å²) in [6, 6.07) is 11.9. The number of hydrogen-bond donors (Lipinski definition) is 2. The van der Waals surface area contributed by atoms with Crippen LogP contribution in [0.2, 0.25) is 0 Å². The molecule has 2 N–H and O–H groups in total. The smallest absolute Gasteiger partial charge is 0.129 e. The molecule has 0 saturated heterocycles. The molecular formula is C17H19N3O2. The largest absolute Gasteiger partial charge is 0.462 e. The first kappa shape index (κ1) is 14.4. The molecule has 0 bridgehead atoms. The number of aromatic nitrogens is 2. The Morgan fingerprint density at radius 2 is 1.91 bits per heavy atom. The fourth-order valence-corrected chi connectivity index (χ4v) is 2.26. The summed E-state index contributed by atoms with van der Waals surface area (Å²) in [6.07, 6.45) is 3.89. The van der Waals surface area contributed by atoms with Crippen molar-refractivity contribution in [2.24, 2.45) is 0 Å². The molecular weight excluding hydrogens is 278 g/mol. The first-order chi connectivity index (χ1) is 10.7. The second kappa shape index (κ2) is 6.49. The van der Waals surface area contributed by atoms with Gasteiger partial charge in [-0.25, -0.2) is 0 Å². The molecule has 0 amide bonds. The van der Waals surface area contributed by atoms with Crippen molar-refractivity contribution in [3.8, 4) is 0 Å². The van der Waals surface area contributed by atoms with Gasteiger partial charge in [-0.15, -0.1) is 0 Å². The summed E-state index contributed by atoms with van der Waals surface area (Å²) in [6.45, 7) is 3.33. The van der Waals surface area contributed by atoms with Crippen LogP contribution in [0.15, 0.2) is 53.2 Å². The third kappa shape index (κ3) is 3.56. The maximum absolute atomic E-state index is 8.97. The Balaban J connectivity index is 1.56. The number of aryl methyl sites for hydroxylation is 1. The Labute approximate surface area is 129 Å². The second-order valence-electron chi connectivity index (χ2n) is 5.29. The van der Waals surface area contributed by atoms with Crippen LogP contribution >= 0.6 is 0 Å². The zero-order valence-electron chi connectivity index (χ0n) is 12.5. The van der Waals surface area contributed by atoms with Crippen LogP contribution in [-0.2, 0) is 19.7 Å². The number of nitrogens with zero attached hydrogens (tertiary/aromatic N) is 2. The lowest BCUT2D eigenvalue weighted by Crippen LogP contribution is -2.01. The highest BCUT2D eigenvalue weighted by Crippen LogP contribution is 2.14. The second-order valence-corrected chi connectivity index (χ2v) is 5.29. The third-order valence-electron chi connectivity index (χ3n) is 3.40. The molecule has 114 valence electrons. The van der Waals surface area contributed by atoms with Crippen LogP contribution in [-0.4, -0.2) is 14.9 Å². The maximum atomic E-state index is 8.97. The van der Waals surface area contributed by atoms with Gasteiger partial charge in [0.25, 0.3) is 0 Å². The number of nitrogens with one attached hydrogen (secondary N) is 1. The van der Waals surface area contributed by atoms with E-state index in [1.165, 1.54) is 11.1 Å². The average molecular weight is 297 g/mol. The number of anilines is 1. The molecule has 22 heavy (non-hydrogen) atoms. The van der Waals surface area contributed by atoms with Crippen LogP contribution in [0.5, 0.6) is 0 Å². The highest BCUT2D eigenvalue weighted by atomic mass is 16.4. The number of aliphatic hydroxyl groups excluding tert-OH is 1. The van der Waals surface area contributed by atoms with Crippen molar-refractivity contribution in [2.45, 2.75) is 26.6 Å². The molecule has 3 rings (SSSR count). The van der Waals surface area contributed by atoms with Gasteiger partial charge in [-0.1, -0.05) is 12.1 Å². The Morgan fingerprint density at radius 1 is 1.14 bits per heavy atom. The molecule has 0 aliphatic rings. The van der Waals surface area contributed by atoms with Crippen molar-refractivity contribution < 1.29 is 9.52 Å². The van der Waals surface area contributed by atoms with Gasteiger partial charge in [0.1, 0.15) is 18.1 Å². The molecule has 0 fully saturated rings. The minimum Gasteiger partial charge on any atom is -0.462 e. The van der Waals surface area contributed by atoms with Gasteiger partial charge < -0.3 is 14.8 Å². The average Bonchev–Trinajstić information content (AvgIpc) is 3.15. The zero-order valence-corrected chi connectivity index (χ0v) is 12.5. The van der Waals surface area contributed by atoms with E-state index in [0.717, 1.165) is 18.0 Å². The molecule has 0 aliphatic heterocycles. The van der Waals surface area contributed by atoms with Crippen molar-refractivity contribution in [3.05, 3.63) is 71.4 Å². The molecule has 1 aromatic carbocycles. The van der Waals surface area contributed by atoms with E-state index < -0.39 is 0 Å². The van der Waals surface area contributed by atoms with Crippen LogP contribution < -0.4 is 5.32 Å². The fourth-order valence-electron chi connectivity index (χ4n) is 2.26. The molecule has 0 radical (unpaired) electrons. The van der Waals surface area contributed by atoms with Gasteiger partial charge in [0.15, 0.2) is 0 Å². The monoisotopic (exact) mass is 297 g/mol. The van der Waals surface area contributed by atoms with Crippen molar-refractivity contribution in [1.82, 2.24) is 9.78 Å². The van der Waals surface area contributed by atoms with Crippen molar-refractivity contribution in [1.29, 1.82) is 0 Å². The van der Waals surface area contributed by atoms with Gasteiger partial charge in [-0.3, -0.25) is 4.68 Å². The fraction of sp³-hybridized carbons (Fsp3) is 0.235.